The smallest absolute Gasteiger partial charge is 0.165 e. The lowest BCUT2D eigenvalue weighted by atomic mass is 10.2. The summed E-state index contributed by atoms with van der Waals surface area (Å²) in [6.07, 6.45) is 0. The van der Waals surface area contributed by atoms with Gasteiger partial charge in [0.05, 0.1) is 5.02 Å². The first-order valence-corrected chi connectivity index (χ1v) is 7.19. The van der Waals surface area contributed by atoms with E-state index in [0.717, 1.165) is 16.6 Å². The average Bonchev–Trinajstić information content (AvgIpc) is 2.75. The molecule has 1 heterocycles. The van der Waals surface area contributed by atoms with Crippen molar-refractivity contribution in [3.05, 3.63) is 33.5 Å². The molecule has 6 heteroatoms. The number of nitrogens with zero attached hydrogens (tertiary/aromatic N) is 3. The second-order valence-corrected chi connectivity index (χ2v) is 5.94. The Bertz CT molecular complexity index is 583. The van der Waals surface area contributed by atoms with E-state index < -0.39 is 0 Å². The number of aliphatic hydroxyl groups excluding tert-OH is 1. The van der Waals surface area contributed by atoms with Gasteiger partial charge >= 0.3 is 0 Å². The van der Waals surface area contributed by atoms with Crippen molar-refractivity contribution in [2.45, 2.75) is 27.0 Å². The molecule has 1 N–H and O–H groups in total. The molecule has 0 spiro atoms. The third-order valence-electron chi connectivity index (χ3n) is 2.71. The van der Waals surface area contributed by atoms with E-state index in [0.29, 0.717) is 22.6 Å². The minimum Gasteiger partial charge on any atom is -0.388 e. The minimum absolute atomic E-state index is 0.134. The minimum atomic E-state index is -0.134. The Balaban J connectivity index is 2.55. The Morgan fingerprint density at radius 1 is 1.37 bits per heavy atom. The van der Waals surface area contributed by atoms with Gasteiger partial charge in [0.15, 0.2) is 11.6 Å². The number of hydrogen-bond donors (Lipinski definition) is 1. The van der Waals surface area contributed by atoms with E-state index >= 15 is 0 Å². The van der Waals surface area contributed by atoms with Crippen LogP contribution in [-0.2, 0) is 13.2 Å². The van der Waals surface area contributed by atoms with Crippen LogP contribution in [0.5, 0.6) is 0 Å². The summed E-state index contributed by atoms with van der Waals surface area (Å²) in [6.45, 7) is 4.81. The van der Waals surface area contributed by atoms with Crippen molar-refractivity contribution < 1.29 is 5.11 Å². The molecule has 0 unspecified atom stereocenters. The number of hydrogen-bond acceptors (Lipinski definition) is 3. The highest BCUT2D eigenvalue weighted by molar-refractivity contribution is 9.10. The monoisotopic (exact) mass is 343 g/mol. The molecule has 1 aromatic carbocycles. The van der Waals surface area contributed by atoms with Crippen LogP contribution in [0.15, 0.2) is 22.7 Å². The molecule has 0 aliphatic rings. The van der Waals surface area contributed by atoms with Gasteiger partial charge in [0.25, 0.3) is 0 Å². The fourth-order valence-electron chi connectivity index (χ4n) is 1.89. The van der Waals surface area contributed by atoms with Gasteiger partial charge in [-0.2, -0.15) is 0 Å². The van der Waals surface area contributed by atoms with E-state index in [1.165, 1.54) is 0 Å². The lowest BCUT2D eigenvalue weighted by molar-refractivity contribution is 0.262. The summed E-state index contributed by atoms with van der Waals surface area (Å²) in [5, 5.41) is 18.1. The maximum Gasteiger partial charge on any atom is 0.165 e. The molecular weight excluding hydrogens is 330 g/mol. The summed E-state index contributed by atoms with van der Waals surface area (Å²) in [5.41, 5.74) is 0.809. The zero-order chi connectivity index (χ0) is 14.0. The van der Waals surface area contributed by atoms with Crippen LogP contribution in [0, 0.1) is 5.92 Å². The quantitative estimate of drug-likeness (QED) is 0.923. The van der Waals surface area contributed by atoms with Gasteiger partial charge < -0.3 is 9.67 Å². The lowest BCUT2D eigenvalue weighted by Gasteiger charge is -2.13. The van der Waals surface area contributed by atoms with E-state index in [-0.39, 0.29) is 6.61 Å². The van der Waals surface area contributed by atoms with Crippen LogP contribution >= 0.6 is 27.5 Å². The molecule has 0 bridgehead atoms. The van der Waals surface area contributed by atoms with Gasteiger partial charge in [0.2, 0.25) is 0 Å². The average molecular weight is 345 g/mol. The van der Waals surface area contributed by atoms with Crippen molar-refractivity contribution in [3.63, 3.8) is 0 Å². The molecular formula is C13H15BrClN3O. The zero-order valence-electron chi connectivity index (χ0n) is 10.8. The number of rotatable bonds is 4. The van der Waals surface area contributed by atoms with Crippen molar-refractivity contribution in [1.82, 2.24) is 14.8 Å². The molecule has 0 atom stereocenters. The highest BCUT2D eigenvalue weighted by Crippen LogP contribution is 2.33. The predicted molar refractivity (Wildman–Crippen MR) is 78.9 cm³/mol. The lowest BCUT2D eigenvalue weighted by Crippen LogP contribution is -2.10. The number of halogens is 2. The van der Waals surface area contributed by atoms with E-state index in [9.17, 15) is 5.11 Å². The number of aromatic nitrogens is 3. The Kier molecular flexibility index (Phi) is 4.60. The van der Waals surface area contributed by atoms with E-state index in [1.807, 2.05) is 22.8 Å². The first-order valence-electron chi connectivity index (χ1n) is 6.02. The third-order valence-corrected chi connectivity index (χ3v) is 4.01. The topological polar surface area (TPSA) is 50.9 Å². The third kappa shape index (κ3) is 2.99. The number of aliphatic hydroxyl groups is 1. The molecule has 1 aromatic heterocycles. The predicted octanol–water partition coefficient (Wildman–Crippen LogP) is 3.51. The van der Waals surface area contributed by atoms with Gasteiger partial charge in [-0.3, -0.25) is 0 Å². The Labute approximate surface area is 125 Å². The Morgan fingerprint density at radius 3 is 2.74 bits per heavy atom. The fraction of sp³-hybridized carbons (Fsp3) is 0.385. The summed E-state index contributed by atoms with van der Waals surface area (Å²) < 4.78 is 2.73. The first-order chi connectivity index (χ1) is 9.04. The van der Waals surface area contributed by atoms with Gasteiger partial charge in [0, 0.05) is 16.6 Å². The molecule has 102 valence electrons. The molecule has 4 nitrogen and oxygen atoms in total. The molecule has 0 radical (unpaired) electrons. The molecule has 0 aliphatic heterocycles. The van der Waals surface area contributed by atoms with Crippen molar-refractivity contribution in [2.75, 3.05) is 0 Å². The molecule has 0 fully saturated rings. The largest absolute Gasteiger partial charge is 0.388 e. The molecule has 2 rings (SSSR count). The van der Waals surface area contributed by atoms with E-state index in [2.05, 4.69) is 40.0 Å². The molecule has 0 saturated carbocycles. The maximum absolute atomic E-state index is 9.35. The second-order valence-electron chi connectivity index (χ2n) is 4.70. The summed E-state index contributed by atoms with van der Waals surface area (Å²) in [7, 11) is 0. The summed E-state index contributed by atoms with van der Waals surface area (Å²) in [6, 6.07) is 5.68. The maximum atomic E-state index is 9.35. The summed E-state index contributed by atoms with van der Waals surface area (Å²) in [4.78, 5) is 0. The van der Waals surface area contributed by atoms with Gasteiger partial charge in [-0.15, -0.1) is 10.2 Å². The summed E-state index contributed by atoms with van der Waals surface area (Å²) >= 11 is 9.70. The molecule has 2 aromatic rings. The Morgan fingerprint density at radius 2 is 2.11 bits per heavy atom. The van der Waals surface area contributed by atoms with Crippen LogP contribution in [0.2, 0.25) is 5.02 Å². The Hall–Kier alpha value is -0.910. The van der Waals surface area contributed by atoms with E-state index in [1.54, 1.807) is 0 Å². The van der Waals surface area contributed by atoms with E-state index in [4.69, 9.17) is 11.6 Å². The molecule has 19 heavy (non-hydrogen) atoms. The van der Waals surface area contributed by atoms with Gasteiger partial charge in [-0.05, 0) is 34.0 Å². The standard InChI is InChI=1S/C13H15BrClN3O/c1-8(2)6-18-11(7-19)16-17-13(18)9-4-3-5-10(14)12(9)15/h3-5,8,19H,6-7H2,1-2H3. The van der Waals surface area contributed by atoms with Crippen LogP contribution in [0.4, 0.5) is 0 Å². The van der Waals surface area contributed by atoms with Gasteiger partial charge in [-0.1, -0.05) is 31.5 Å². The summed E-state index contributed by atoms with van der Waals surface area (Å²) in [5.74, 6) is 1.66. The van der Waals surface area contributed by atoms with Crippen molar-refractivity contribution in [1.29, 1.82) is 0 Å². The van der Waals surface area contributed by atoms with Crippen LogP contribution in [0.3, 0.4) is 0 Å². The molecule has 0 amide bonds. The fourth-order valence-corrected chi connectivity index (χ4v) is 2.46. The van der Waals surface area contributed by atoms with Crippen LogP contribution < -0.4 is 0 Å². The second kappa shape index (κ2) is 6.03. The van der Waals surface area contributed by atoms with Gasteiger partial charge in [-0.25, -0.2) is 0 Å². The van der Waals surface area contributed by atoms with Crippen molar-refractivity contribution in [3.8, 4) is 11.4 Å². The van der Waals surface area contributed by atoms with Crippen LogP contribution in [-0.4, -0.2) is 19.9 Å². The number of benzene rings is 1. The normalized spacial score (nSPS) is 11.3. The highest BCUT2D eigenvalue weighted by atomic mass is 79.9. The van der Waals surface area contributed by atoms with Crippen molar-refractivity contribution >= 4 is 27.5 Å². The van der Waals surface area contributed by atoms with Crippen LogP contribution in [0.25, 0.3) is 11.4 Å². The zero-order valence-corrected chi connectivity index (χ0v) is 13.1. The van der Waals surface area contributed by atoms with Crippen molar-refractivity contribution in [2.24, 2.45) is 5.92 Å². The van der Waals surface area contributed by atoms with Gasteiger partial charge in [0.1, 0.15) is 6.61 Å². The molecule has 0 aliphatic carbocycles. The highest BCUT2D eigenvalue weighted by Gasteiger charge is 2.17. The first kappa shape index (κ1) is 14.5. The molecule has 0 saturated heterocycles. The van der Waals surface area contributed by atoms with Crippen LogP contribution in [0.1, 0.15) is 19.7 Å². The SMILES string of the molecule is CC(C)Cn1c(CO)nnc1-c1cccc(Br)c1Cl.